The molecule has 0 aliphatic heterocycles. The molecule has 0 amide bonds. The molecular formula is C25H42O3. The van der Waals surface area contributed by atoms with Gasteiger partial charge in [0.2, 0.25) is 0 Å². The Balaban J connectivity index is 0.000000618. The molecule has 1 saturated carbocycles. The average Bonchev–Trinajstić information content (AvgIpc) is 2.72. The Kier molecular flexibility index (Phi) is 16.7. The van der Waals surface area contributed by atoms with Gasteiger partial charge in [0.15, 0.2) is 6.29 Å². The van der Waals surface area contributed by atoms with Crippen LogP contribution in [0.15, 0.2) is 37.4 Å². The highest BCUT2D eigenvalue weighted by molar-refractivity contribution is 5.77. The summed E-state index contributed by atoms with van der Waals surface area (Å²) in [7, 11) is 0. The smallest absolute Gasteiger partial charge is 0.154 e. The van der Waals surface area contributed by atoms with Crippen LogP contribution in [-0.4, -0.2) is 25.8 Å². The Labute approximate surface area is 173 Å². The summed E-state index contributed by atoms with van der Waals surface area (Å²) in [6.07, 6.45) is 10.2. The summed E-state index contributed by atoms with van der Waals surface area (Å²) in [6.45, 7) is 15.5. The molecule has 0 bridgehead atoms. The minimum atomic E-state index is -0.0370. The molecule has 0 radical (unpaired) electrons. The second kappa shape index (κ2) is 17.6. The first-order valence-electron chi connectivity index (χ1n) is 10.9. The van der Waals surface area contributed by atoms with Crippen LogP contribution < -0.4 is 0 Å². The SMILES string of the molecule is C=C.CCCC1CCCCC1Cc1ccccc1C=O.CCOC(C)OCC. The van der Waals surface area contributed by atoms with Gasteiger partial charge in [-0.2, -0.15) is 0 Å². The van der Waals surface area contributed by atoms with Crippen molar-refractivity contribution in [3.63, 3.8) is 0 Å². The highest BCUT2D eigenvalue weighted by atomic mass is 16.7. The van der Waals surface area contributed by atoms with E-state index in [0.29, 0.717) is 0 Å². The maximum atomic E-state index is 11.1. The summed E-state index contributed by atoms with van der Waals surface area (Å²) in [5.41, 5.74) is 2.14. The quantitative estimate of drug-likeness (QED) is 0.262. The van der Waals surface area contributed by atoms with Crippen LogP contribution in [0.5, 0.6) is 0 Å². The number of aldehydes is 1. The first-order valence-corrected chi connectivity index (χ1v) is 10.9. The zero-order chi connectivity index (χ0) is 21.2. The molecular weight excluding hydrogens is 348 g/mol. The lowest BCUT2D eigenvalue weighted by atomic mass is 9.74. The lowest BCUT2D eigenvalue weighted by Crippen LogP contribution is -2.22. The van der Waals surface area contributed by atoms with Gasteiger partial charge in [-0.15, -0.1) is 13.2 Å². The van der Waals surface area contributed by atoms with Crippen LogP contribution >= 0.6 is 0 Å². The number of hydrogen-bond donors (Lipinski definition) is 0. The topological polar surface area (TPSA) is 35.5 Å². The molecule has 1 aliphatic carbocycles. The molecule has 1 aliphatic rings. The highest BCUT2D eigenvalue weighted by Gasteiger charge is 2.24. The Morgan fingerprint density at radius 2 is 1.61 bits per heavy atom. The molecule has 1 fully saturated rings. The van der Waals surface area contributed by atoms with Gasteiger partial charge in [-0.3, -0.25) is 4.79 Å². The first kappa shape index (κ1) is 26.6. The van der Waals surface area contributed by atoms with Crippen molar-refractivity contribution in [3.05, 3.63) is 48.6 Å². The molecule has 0 heterocycles. The first-order chi connectivity index (χ1) is 13.7. The monoisotopic (exact) mass is 390 g/mol. The van der Waals surface area contributed by atoms with E-state index in [1.807, 2.05) is 32.9 Å². The number of carbonyl (C=O) groups excluding carboxylic acids is 1. The predicted molar refractivity (Wildman–Crippen MR) is 120 cm³/mol. The predicted octanol–water partition coefficient (Wildman–Crippen LogP) is 6.86. The number of rotatable bonds is 9. The van der Waals surface area contributed by atoms with Crippen molar-refractivity contribution in [2.45, 2.75) is 78.9 Å². The van der Waals surface area contributed by atoms with Crippen molar-refractivity contribution in [2.75, 3.05) is 13.2 Å². The van der Waals surface area contributed by atoms with Crippen LogP contribution in [0.4, 0.5) is 0 Å². The second-order valence-corrected chi connectivity index (χ2v) is 7.09. The summed E-state index contributed by atoms with van der Waals surface area (Å²) in [6, 6.07) is 8.08. The Morgan fingerprint density at radius 1 is 1.04 bits per heavy atom. The number of carbonyl (C=O) groups is 1. The molecule has 28 heavy (non-hydrogen) atoms. The van der Waals surface area contributed by atoms with Crippen molar-refractivity contribution in [2.24, 2.45) is 11.8 Å². The summed E-state index contributed by atoms with van der Waals surface area (Å²) < 4.78 is 10.1. The van der Waals surface area contributed by atoms with Gasteiger partial charge in [-0.1, -0.05) is 63.3 Å². The van der Waals surface area contributed by atoms with Gasteiger partial charge in [0.25, 0.3) is 0 Å². The van der Waals surface area contributed by atoms with Crippen molar-refractivity contribution < 1.29 is 14.3 Å². The van der Waals surface area contributed by atoms with E-state index < -0.39 is 0 Å². The third-order valence-corrected chi connectivity index (χ3v) is 5.19. The molecule has 0 saturated heterocycles. The molecule has 2 rings (SSSR count). The molecule has 3 nitrogen and oxygen atoms in total. The number of ether oxygens (including phenoxy) is 2. The van der Waals surface area contributed by atoms with E-state index in [1.165, 1.54) is 44.1 Å². The van der Waals surface area contributed by atoms with Crippen molar-refractivity contribution >= 4 is 6.29 Å². The minimum absolute atomic E-state index is 0.0370. The maximum absolute atomic E-state index is 11.1. The zero-order valence-corrected chi connectivity index (χ0v) is 18.6. The van der Waals surface area contributed by atoms with Gasteiger partial charge in [-0.25, -0.2) is 0 Å². The lowest BCUT2D eigenvalue weighted by Gasteiger charge is -2.31. The maximum Gasteiger partial charge on any atom is 0.154 e. The van der Waals surface area contributed by atoms with E-state index in [2.05, 4.69) is 32.2 Å². The molecule has 1 aromatic rings. The largest absolute Gasteiger partial charge is 0.353 e. The van der Waals surface area contributed by atoms with Crippen LogP contribution in [0.25, 0.3) is 0 Å². The number of hydrogen-bond acceptors (Lipinski definition) is 3. The molecule has 0 spiro atoms. The van der Waals surface area contributed by atoms with Gasteiger partial charge in [0.05, 0.1) is 0 Å². The van der Waals surface area contributed by atoms with Crippen molar-refractivity contribution in [1.29, 1.82) is 0 Å². The third-order valence-electron chi connectivity index (χ3n) is 5.19. The zero-order valence-electron chi connectivity index (χ0n) is 18.6. The fourth-order valence-corrected chi connectivity index (χ4v) is 3.94. The Bertz CT molecular complexity index is 492. The molecule has 1 aromatic carbocycles. The standard InChI is InChI=1S/C17H24O.C6H14O2.C2H4/c1-2-7-14-8-3-4-9-15(14)12-16-10-5-6-11-17(16)13-18;1-4-7-6(3)8-5-2;1-2/h5-6,10-11,13-15H,2-4,7-9,12H2,1H3;6H,4-5H2,1-3H3;1-2H2. The normalized spacial score (nSPS) is 18.5. The van der Waals surface area contributed by atoms with E-state index in [4.69, 9.17) is 9.47 Å². The van der Waals surface area contributed by atoms with E-state index in [-0.39, 0.29) is 6.29 Å². The van der Waals surface area contributed by atoms with Crippen molar-refractivity contribution in [1.82, 2.24) is 0 Å². The Hall–Kier alpha value is -1.45. The van der Waals surface area contributed by atoms with Gasteiger partial charge in [-0.05, 0) is 51.0 Å². The molecule has 2 unspecified atom stereocenters. The van der Waals surface area contributed by atoms with Crippen LogP contribution in [-0.2, 0) is 15.9 Å². The Morgan fingerprint density at radius 3 is 2.14 bits per heavy atom. The van der Waals surface area contributed by atoms with Crippen LogP contribution in [0.3, 0.4) is 0 Å². The molecule has 2 atom stereocenters. The fourth-order valence-electron chi connectivity index (χ4n) is 3.94. The van der Waals surface area contributed by atoms with E-state index in [9.17, 15) is 4.79 Å². The third kappa shape index (κ3) is 10.8. The molecule has 3 heteroatoms. The van der Waals surface area contributed by atoms with E-state index in [1.54, 1.807) is 0 Å². The van der Waals surface area contributed by atoms with Gasteiger partial charge >= 0.3 is 0 Å². The lowest BCUT2D eigenvalue weighted by molar-refractivity contribution is -0.123. The van der Waals surface area contributed by atoms with E-state index in [0.717, 1.165) is 43.3 Å². The van der Waals surface area contributed by atoms with Crippen LogP contribution in [0.2, 0.25) is 0 Å². The van der Waals surface area contributed by atoms with Crippen molar-refractivity contribution in [3.8, 4) is 0 Å². The summed E-state index contributed by atoms with van der Waals surface area (Å²) in [4.78, 5) is 11.1. The molecule has 160 valence electrons. The van der Waals surface area contributed by atoms with Crippen LogP contribution in [0.1, 0.15) is 82.1 Å². The van der Waals surface area contributed by atoms with Gasteiger partial charge < -0.3 is 9.47 Å². The van der Waals surface area contributed by atoms with E-state index >= 15 is 0 Å². The fraction of sp³-hybridized carbons (Fsp3) is 0.640. The minimum Gasteiger partial charge on any atom is -0.353 e. The number of benzene rings is 1. The van der Waals surface area contributed by atoms with Gasteiger partial charge in [0, 0.05) is 18.8 Å². The second-order valence-electron chi connectivity index (χ2n) is 7.09. The summed E-state index contributed by atoms with van der Waals surface area (Å²) in [5, 5.41) is 0. The highest BCUT2D eigenvalue weighted by Crippen LogP contribution is 2.35. The van der Waals surface area contributed by atoms with Crippen LogP contribution in [0, 0.1) is 11.8 Å². The summed E-state index contributed by atoms with van der Waals surface area (Å²) >= 11 is 0. The molecule has 0 aromatic heterocycles. The average molecular weight is 391 g/mol. The molecule has 0 N–H and O–H groups in total. The summed E-state index contributed by atoms with van der Waals surface area (Å²) in [5.74, 6) is 1.67. The van der Waals surface area contributed by atoms with Gasteiger partial charge in [0.1, 0.15) is 6.29 Å².